The predicted molar refractivity (Wildman–Crippen MR) is 71.5 cm³/mol. The van der Waals surface area contributed by atoms with Crippen LogP contribution in [-0.4, -0.2) is 15.9 Å². The van der Waals surface area contributed by atoms with Crippen LogP contribution in [0.15, 0.2) is 30.3 Å². The Morgan fingerprint density at radius 3 is 2.33 bits per heavy atom. The molecule has 2 rings (SSSR count). The molecule has 92 valence electrons. The van der Waals surface area contributed by atoms with E-state index in [0.29, 0.717) is 10.6 Å². The molecular formula is C11H6Cl3N3O. The van der Waals surface area contributed by atoms with Gasteiger partial charge in [0, 0.05) is 16.7 Å². The Morgan fingerprint density at radius 2 is 1.72 bits per heavy atom. The summed E-state index contributed by atoms with van der Waals surface area (Å²) in [6.07, 6.45) is 0. The van der Waals surface area contributed by atoms with Crippen LogP contribution >= 0.6 is 34.8 Å². The summed E-state index contributed by atoms with van der Waals surface area (Å²) in [6, 6.07) is 7.85. The lowest BCUT2D eigenvalue weighted by atomic mass is 10.2. The molecule has 1 aromatic heterocycles. The van der Waals surface area contributed by atoms with E-state index in [1.807, 2.05) is 0 Å². The van der Waals surface area contributed by atoms with E-state index in [1.54, 1.807) is 24.3 Å². The molecule has 0 unspecified atom stereocenters. The van der Waals surface area contributed by atoms with E-state index < -0.39 is 0 Å². The number of hydrogen-bond donors (Lipinski definition) is 1. The number of benzene rings is 1. The van der Waals surface area contributed by atoms with Crippen molar-refractivity contribution in [2.24, 2.45) is 0 Å². The third-order valence-electron chi connectivity index (χ3n) is 2.02. The van der Waals surface area contributed by atoms with Gasteiger partial charge >= 0.3 is 0 Å². The standard InChI is InChI=1S/C11H6Cl3N3O/c12-7-3-1-6(2-4-7)10(18)16-9-5-8(13)15-11(14)17-9/h1-5H,(H,15,16,17,18). The van der Waals surface area contributed by atoms with Crippen molar-refractivity contribution in [3.8, 4) is 0 Å². The molecule has 0 aliphatic rings. The SMILES string of the molecule is O=C(Nc1cc(Cl)nc(Cl)n1)c1ccc(Cl)cc1. The molecule has 0 bridgehead atoms. The minimum Gasteiger partial charge on any atom is -0.306 e. The molecule has 0 fully saturated rings. The summed E-state index contributed by atoms with van der Waals surface area (Å²) in [5, 5.41) is 3.23. The second kappa shape index (κ2) is 5.52. The maximum absolute atomic E-state index is 11.8. The van der Waals surface area contributed by atoms with Gasteiger partial charge < -0.3 is 5.32 Å². The Morgan fingerprint density at radius 1 is 1.06 bits per heavy atom. The Bertz CT molecular complexity index is 566. The highest BCUT2D eigenvalue weighted by molar-refractivity contribution is 6.32. The number of carbonyl (C=O) groups excluding carboxylic acids is 1. The second-order valence-electron chi connectivity index (χ2n) is 3.31. The summed E-state index contributed by atoms with van der Waals surface area (Å²) in [4.78, 5) is 19.4. The van der Waals surface area contributed by atoms with E-state index >= 15 is 0 Å². The summed E-state index contributed by atoms with van der Waals surface area (Å²) in [5.74, 6) is -0.0996. The highest BCUT2D eigenvalue weighted by Gasteiger charge is 2.08. The number of anilines is 1. The molecule has 0 aliphatic carbocycles. The first kappa shape index (κ1) is 13.1. The Labute approximate surface area is 118 Å². The molecule has 18 heavy (non-hydrogen) atoms. The number of hydrogen-bond acceptors (Lipinski definition) is 3. The molecule has 1 N–H and O–H groups in total. The van der Waals surface area contributed by atoms with E-state index in [9.17, 15) is 4.79 Å². The first-order valence-electron chi connectivity index (χ1n) is 4.81. The minimum absolute atomic E-state index is 0.0334. The predicted octanol–water partition coefficient (Wildman–Crippen LogP) is 3.69. The first-order chi connectivity index (χ1) is 8.54. The number of nitrogens with one attached hydrogen (secondary N) is 1. The largest absolute Gasteiger partial charge is 0.306 e. The fraction of sp³-hybridized carbons (Fsp3) is 0. The molecule has 1 amide bonds. The highest BCUT2D eigenvalue weighted by Crippen LogP contribution is 2.16. The van der Waals surface area contributed by atoms with Crippen LogP contribution in [0.5, 0.6) is 0 Å². The number of halogens is 3. The van der Waals surface area contributed by atoms with Gasteiger partial charge in [-0.05, 0) is 35.9 Å². The van der Waals surface area contributed by atoms with Gasteiger partial charge in [-0.2, -0.15) is 0 Å². The molecule has 0 saturated carbocycles. The lowest BCUT2D eigenvalue weighted by Gasteiger charge is -2.05. The fourth-order valence-corrected chi connectivity index (χ4v) is 1.78. The summed E-state index contributed by atoms with van der Waals surface area (Å²) >= 11 is 17.1. The van der Waals surface area contributed by atoms with E-state index in [2.05, 4.69) is 15.3 Å². The second-order valence-corrected chi connectivity index (χ2v) is 4.47. The van der Waals surface area contributed by atoms with Gasteiger partial charge in [-0.1, -0.05) is 23.2 Å². The Hall–Kier alpha value is -1.36. The van der Waals surface area contributed by atoms with Crippen LogP contribution in [0.2, 0.25) is 15.5 Å². The Balaban J connectivity index is 2.18. The lowest BCUT2D eigenvalue weighted by Crippen LogP contribution is -2.13. The highest BCUT2D eigenvalue weighted by atomic mass is 35.5. The van der Waals surface area contributed by atoms with Gasteiger partial charge in [0.25, 0.3) is 5.91 Å². The quantitative estimate of drug-likeness (QED) is 0.680. The third kappa shape index (κ3) is 3.32. The summed E-state index contributed by atoms with van der Waals surface area (Å²) in [6.45, 7) is 0. The van der Waals surface area contributed by atoms with Crippen LogP contribution in [-0.2, 0) is 0 Å². The van der Waals surface area contributed by atoms with Crippen molar-refractivity contribution >= 4 is 46.5 Å². The molecule has 0 spiro atoms. The number of aromatic nitrogens is 2. The maximum Gasteiger partial charge on any atom is 0.256 e. The van der Waals surface area contributed by atoms with E-state index in [0.717, 1.165) is 0 Å². The van der Waals surface area contributed by atoms with Gasteiger partial charge in [0.05, 0.1) is 0 Å². The monoisotopic (exact) mass is 301 g/mol. The molecule has 0 aliphatic heterocycles. The topological polar surface area (TPSA) is 54.9 Å². The summed E-state index contributed by atoms with van der Waals surface area (Å²) in [5.41, 5.74) is 0.449. The van der Waals surface area contributed by atoms with Crippen LogP contribution in [0.25, 0.3) is 0 Å². The molecular weight excluding hydrogens is 296 g/mol. The number of rotatable bonds is 2. The summed E-state index contributed by atoms with van der Waals surface area (Å²) in [7, 11) is 0. The molecule has 7 heteroatoms. The number of carbonyl (C=O) groups is 1. The van der Waals surface area contributed by atoms with E-state index in [-0.39, 0.29) is 22.2 Å². The minimum atomic E-state index is -0.336. The normalized spacial score (nSPS) is 10.2. The molecule has 0 atom stereocenters. The van der Waals surface area contributed by atoms with Gasteiger partial charge in [-0.3, -0.25) is 4.79 Å². The van der Waals surface area contributed by atoms with Crippen molar-refractivity contribution in [2.45, 2.75) is 0 Å². The zero-order valence-electron chi connectivity index (χ0n) is 8.82. The van der Waals surface area contributed by atoms with Crippen LogP contribution in [0.3, 0.4) is 0 Å². The van der Waals surface area contributed by atoms with Crippen molar-refractivity contribution in [1.82, 2.24) is 9.97 Å². The maximum atomic E-state index is 11.8. The van der Waals surface area contributed by atoms with Crippen molar-refractivity contribution in [2.75, 3.05) is 5.32 Å². The van der Waals surface area contributed by atoms with Gasteiger partial charge in [0.15, 0.2) is 0 Å². The lowest BCUT2D eigenvalue weighted by molar-refractivity contribution is 0.102. The average Bonchev–Trinajstić information content (AvgIpc) is 2.28. The molecule has 2 aromatic rings. The summed E-state index contributed by atoms with van der Waals surface area (Å²) < 4.78 is 0. The third-order valence-corrected chi connectivity index (χ3v) is 2.63. The molecule has 1 heterocycles. The first-order valence-corrected chi connectivity index (χ1v) is 5.95. The van der Waals surface area contributed by atoms with Gasteiger partial charge in [-0.25, -0.2) is 9.97 Å². The van der Waals surface area contributed by atoms with Gasteiger partial charge in [0.2, 0.25) is 5.28 Å². The number of nitrogens with zero attached hydrogens (tertiary/aromatic N) is 2. The van der Waals surface area contributed by atoms with Crippen molar-refractivity contribution in [1.29, 1.82) is 0 Å². The van der Waals surface area contributed by atoms with Crippen molar-refractivity contribution in [3.05, 3.63) is 51.4 Å². The Kier molecular flexibility index (Phi) is 4.01. The van der Waals surface area contributed by atoms with Crippen LogP contribution in [0.1, 0.15) is 10.4 Å². The van der Waals surface area contributed by atoms with Gasteiger partial charge in [0.1, 0.15) is 11.0 Å². The van der Waals surface area contributed by atoms with E-state index in [4.69, 9.17) is 34.8 Å². The molecule has 0 radical (unpaired) electrons. The smallest absolute Gasteiger partial charge is 0.256 e. The van der Waals surface area contributed by atoms with E-state index in [1.165, 1.54) is 6.07 Å². The number of amides is 1. The van der Waals surface area contributed by atoms with Crippen molar-refractivity contribution < 1.29 is 4.79 Å². The zero-order chi connectivity index (χ0) is 13.1. The van der Waals surface area contributed by atoms with Crippen LogP contribution < -0.4 is 5.32 Å². The fourth-order valence-electron chi connectivity index (χ4n) is 1.24. The molecule has 0 saturated heterocycles. The zero-order valence-corrected chi connectivity index (χ0v) is 11.1. The van der Waals surface area contributed by atoms with Crippen molar-refractivity contribution in [3.63, 3.8) is 0 Å². The average molecular weight is 303 g/mol. The molecule has 4 nitrogen and oxygen atoms in total. The van der Waals surface area contributed by atoms with Gasteiger partial charge in [-0.15, -0.1) is 0 Å². The van der Waals surface area contributed by atoms with Crippen LogP contribution in [0, 0.1) is 0 Å². The van der Waals surface area contributed by atoms with Crippen LogP contribution in [0.4, 0.5) is 5.82 Å². The molecule has 1 aromatic carbocycles.